The molecule has 4 rings (SSSR count). The predicted octanol–water partition coefficient (Wildman–Crippen LogP) is 3.01. The summed E-state index contributed by atoms with van der Waals surface area (Å²) in [5.41, 5.74) is 0.398. The van der Waals surface area contributed by atoms with Crippen molar-refractivity contribution in [3.63, 3.8) is 0 Å². The lowest BCUT2D eigenvalue weighted by molar-refractivity contribution is -0.137. The van der Waals surface area contributed by atoms with Crippen LogP contribution in [0.1, 0.15) is 12.0 Å². The molecule has 0 aliphatic carbocycles. The number of para-hydroxylation sites is 2. The number of halogens is 3. The molecule has 3 aromatic rings. The highest BCUT2D eigenvalue weighted by Crippen LogP contribution is 2.30. The van der Waals surface area contributed by atoms with Crippen molar-refractivity contribution < 1.29 is 26.0 Å². The molecule has 1 aliphatic rings. The number of oxazole rings is 1. The van der Waals surface area contributed by atoms with Crippen LogP contribution in [0.5, 0.6) is 0 Å². The van der Waals surface area contributed by atoms with Gasteiger partial charge in [-0.1, -0.05) is 12.1 Å². The Morgan fingerprint density at radius 2 is 1.56 bits per heavy atom. The first-order valence-electron chi connectivity index (χ1n) is 10.1. The molecule has 0 amide bonds. The number of benzene rings is 2. The summed E-state index contributed by atoms with van der Waals surface area (Å²) < 4.78 is 71.8. The number of aryl methyl sites for hydroxylation is 1. The number of hydrogen-bond donors (Lipinski definition) is 0. The van der Waals surface area contributed by atoms with Crippen LogP contribution in [-0.2, 0) is 22.7 Å². The van der Waals surface area contributed by atoms with E-state index in [0.29, 0.717) is 38.2 Å². The number of fused-ring (bicyclic) bond motifs is 1. The maximum atomic E-state index is 12.8. The van der Waals surface area contributed by atoms with Crippen molar-refractivity contribution in [2.45, 2.75) is 24.0 Å². The molecule has 0 radical (unpaired) electrons. The van der Waals surface area contributed by atoms with Crippen molar-refractivity contribution in [2.75, 3.05) is 32.7 Å². The zero-order valence-electron chi connectivity index (χ0n) is 17.1. The molecule has 0 atom stereocenters. The number of alkyl halides is 3. The van der Waals surface area contributed by atoms with E-state index in [0.717, 1.165) is 29.8 Å². The minimum atomic E-state index is -4.51. The summed E-state index contributed by atoms with van der Waals surface area (Å²) >= 11 is 0. The highest BCUT2D eigenvalue weighted by atomic mass is 32.2. The fourth-order valence-electron chi connectivity index (χ4n) is 3.84. The second-order valence-corrected chi connectivity index (χ2v) is 9.55. The summed E-state index contributed by atoms with van der Waals surface area (Å²) in [4.78, 5) is 14.0. The maximum Gasteiger partial charge on any atom is 0.419 e. The summed E-state index contributed by atoms with van der Waals surface area (Å²) in [6, 6.07) is 10.8. The maximum absolute atomic E-state index is 12.8. The van der Waals surface area contributed by atoms with Gasteiger partial charge in [0, 0.05) is 32.7 Å². The molecule has 2 heterocycles. The van der Waals surface area contributed by atoms with Gasteiger partial charge in [0.2, 0.25) is 10.0 Å². The molecular formula is C21H22F3N3O4S. The minimum absolute atomic E-state index is 0.148. The van der Waals surface area contributed by atoms with E-state index in [4.69, 9.17) is 4.42 Å². The van der Waals surface area contributed by atoms with Crippen LogP contribution in [0.15, 0.2) is 62.6 Å². The summed E-state index contributed by atoms with van der Waals surface area (Å²) in [6.07, 6.45) is -3.82. The van der Waals surface area contributed by atoms with Crippen LogP contribution in [0.2, 0.25) is 0 Å². The second kappa shape index (κ2) is 8.72. The first-order valence-corrected chi connectivity index (χ1v) is 11.6. The van der Waals surface area contributed by atoms with Gasteiger partial charge in [0.05, 0.1) is 16.0 Å². The summed E-state index contributed by atoms with van der Waals surface area (Å²) in [5.74, 6) is -0.404. The number of sulfonamides is 1. The topological polar surface area (TPSA) is 75.8 Å². The van der Waals surface area contributed by atoms with E-state index in [2.05, 4.69) is 4.90 Å². The van der Waals surface area contributed by atoms with E-state index >= 15 is 0 Å². The third-order valence-electron chi connectivity index (χ3n) is 5.58. The number of aromatic nitrogens is 1. The summed E-state index contributed by atoms with van der Waals surface area (Å²) in [5, 5.41) is 0. The lowest BCUT2D eigenvalue weighted by Crippen LogP contribution is -2.48. The standard InChI is InChI=1S/C21H22F3N3O4S/c22-21(23,24)16-6-8-17(9-7-16)32(29,30)26-14-12-25(13-15-26)10-3-11-27-18-4-1-2-5-19(18)31-20(27)28/h1-2,4-9H,3,10-15H2. The molecule has 32 heavy (non-hydrogen) atoms. The number of piperazine rings is 1. The Bertz CT molecular complexity index is 1240. The molecular weight excluding hydrogens is 447 g/mol. The largest absolute Gasteiger partial charge is 0.419 e. The molecule has 172 valence electrons. The van der Waals surface area contributed by atoms with Crippen LogP contribution >= 0.6 is 0 Å². The van der Waals surface area contributed by atoms with E-state index in [1.54, 1.807) is 16.7 Å². The molecule has 1 saturated heterocycles. The minimum Gasteiger partial charge on any atom is -0.408 e. The quantitative estimate of drug-likeness (QED) is 0.555. The van der Waals surface area contributed by atoms with Crippen LogP contribution in [0, 0.1) is 0 Å². The highest BCUT2D eigenvalue weighted by molar-refractivity contribution is 7.89. The Hall–Kier alpha value is -2.63. The SMILES string of the molecule is O=c1oc2ccccc2n1CCCN1CCN(S(=O)(=O)c2ccc(C(F)(F)F)cc2)CC1. The van der Waals surface area contributed by atoms with Crippen LogP contribution in [-0.4, -0.2) is 54.9 Å². The van der Waals surface area contributed by atoms with Gasteiger partial charge in [-0.15, -0.1) is 0 Å². The van der Waals surface area contributed by atoms with E-state index < -0.39 is 27.5 Å². The number of nitrogens with zero attached hydrogens (tertiary/aromatic N) is 3. The van der Waals surface area contributed by atoms with Gasteiger partial charge >= 0.3 is 11.9 Å². The van der Waals surface area contributed by atoms with Gasteiger partial charge < -0.3 is 9.32 Å². The first kappa shape index (κ1) is 22.6. The lowest BCUT2D eigenvalue weighted by atomic mass is 10.2. The molecule has 1 aromatic heterocycles. The van der Waals surface area contributed by atoms with Crippen LogP contribution in [0.25, 0.3) is 11.1 Å². The zero-order valence-corrected chi connectivity index (χ0v) is 17.9. The van der Waals surface area contributed by atoms with Crippen molar-refractivity contribution >= 4 is 21.1 Å². The lowest BCUT2D eigenvalue weighted by Gasteiger charge is -2.34. The first-order chi connectivity index (χ1) is 15.2. The van der Waals surface area contributed by atoms with Gasteiger partial charge in [-0.05, 0) is 49.4 Å². The van der Waals surface area contributed by atoms with Gasteiger partial charge in [-0.25, -0.2) is 13.2 Å². The Morgan fingerprint density at radius 3 is 2.22 bits per heavy atom. The van der Waals surface area contributed by atoms with Gasteiger partial charge in [-0.2, -0.15) is 17.5 Å². The molecule has 0 N–H and O–H groups in total. The van der Waals surface area contributed by atoms with Gasteiger partial charge in [-0.3, -0.25) is 4.57 Å². The average molecular weight is 469 g/mol. The van der Waals surface area contributed by atoms with Crippen LogP contribution < -0.4 is 5.76 Å². The van der Waals surface area contributed by atoms with Crippen molar-refractivity contribution in [3.05, 3.63) is 64.6 Å². The van der Waals surface area contributed by atoms with Crippen molar-refractivity contribution in [3.8, 4) is 0 Å². The third kappa shape index (κ3) is 4.59. The highest BCUT2D eigenvalue weighted by Gasteiger charge is 2.32. The second-order valence-electron chi connectivity index (χ2n) is 7.61. The zero-order chi connectivity index (χ0) is 22.9. The molecule has 1 aliphatic heterocycles. The Labute approximate surface area is 182 Å². The fraction of sp³-hybridized carbons (Fsp3) is 0.381. The van der Waals surface area contributed by atoms with Gasteiger partial charge in [0.1, 0.15) is 0 Å². The van der Waals surface area contributed by atoms with Crippen LogP contribution in [0.4, 0.5) is 13.2 Å². The molecule has 0 spiro atoms. The smallest absolute Gasteiger partial charge is 0.408 e. The van der Waals surface area contributed by atoms with Crippen LogP contribution in [0.3, 0.4) is 0 Å². The summed E-state index contributed by atoms with van der Waals surface area (Å²) in [6.45, 7) is 2.66. The molecule has 2 aromatic carbocycles. The number of rotatable bonds is 6. The summed E-state index contributed by atoms with van der Waals surface area (Å²) in [7, 11) is -3.85. The van der Waals surface area contributed by atoms with Crippen molar-refractivity contribution in [2.24, 2.45) is 0 Å². The third-order valence-corrected chi connectivity index (χ3v) is 7.49. The molecule has 7 nitrogen and oxygen atoms in total. The molecule has 0 saturated carbocycles. The van der Waals surface area contributed by atoms with Gasteiger partial charge in [0.25, 0.3) is 0 Å². The average Bonchev–Trinajstić information content (AvgIpc) is 3.09. The monoisotopic (exact) mass is 469 g/mol. The van der Waals surface area contributed by atoms with Crippen molar-refractivity contribution in [1.29, 1.82) is 0 Å². The number of hydrogen-bond acceptors (Lipinski definition) is 5. The Kier molecular flexibility index (Phi) is 6.15. The van der Waals surface area contributed by atoms with Gasteiger partial charge in [0.15, 0.2) is 5.58 Å². The van der Waals surface area contributed by atoms with Crippen molar-refractivity contribution in [1.82, 2.24) is 13.8 Å². The van der Waals surface area contributed by atoms with E-state index in [9.17, 15) is 26.4 Å². The fourth-order valence-corrected chi connectivity index (χ4v) is 5.26. The van der Waals surface area contributed by atoms with E-state index in [-0.39, 0.29) is 18.0 Å². The predicted molar refractivity (Wildman–Crippen MR) is 112 cm³/mol. The van der Waals surface area contributed by atoms with E-state index in [1.165, 1.54) is 4.31 Å². The Balaban J connectivity index is 1.32. The molecule has 11 heteroatoms. The molecule has 0 bridgehead atoms. The molecule has 1 fully saturated rings. The Morgan fingerprint density at radius 1 is 0.906 bits per heavy atom. The van der Waals surface area contributed by atoms with E-state index in [1.807, 2.05) is 12.1 Å². The normalized spacial score (nSPS) is 16.6. The molecule has 0 unspecified atom stereocenters.